The molecule has 0 bridgehead atoms. The fourth-order valence-electron chi connectivity index (χ4n) is 1.51. The van der Waals surface area contributed by atoms with Crippen LogP contribution in [-0.2, 0) is 16.0 Å². The summed E-state index contributed by atoms with van der Waals surface area (Å²) in [4.78, 5) is 11.4. The molecule has 0 aliphatic carbocycles. The maximum Gasteiger partial charge on any atom is 0.310 e. The summed E-state index contributed by atoms with van der Waals surface area (Å²) in [6.45, 7) is 2.93. The van der Waals surface area contributed by atoms with Crippen molar-refractivity contribution >= 4 is 21.9 Å². The minimum Gasteiger partial charge on any atom is -0.494 e. The second kappa shape index (κ2) is 8.97. The summed E-state index contributed by atoms with van der Waals surface area (Å²) in [6, 6.07) is 7.60. The van der Waals surface area contributed by atoms with Gasteiger partial charge in [0, 0.05) is 5.33 Å². The topological polar surface area (TPSA) is 35.5 Å². The third-order valence-electron chi connectivity index (χ3n) is 2.35. The molecule has 0 amide bonds. The van der Waals surface area contributed by atoms with Crippen LogP contribution in [0.3, 0.4) is 0 Å². The Hall–Kier alpha value is -1.03. The van der Waals surface area contributed by atoms with Crippen molar-refractivity contribution in [2.45, 2.75) is 26.2 Å². The second-order valence-electron chi connectivity index (χ2n) is 3.87. The van der Waals surface area contributed by atoms with Crippen LogP contribution in [0, 0.1) is 0 Å². The minimum absolute atomic E-state index is 0.200. The summed E-state index contributed by atoms with van der Waals surface area (Å²) >= 11 is 3.38. The second-order valence-corrected chi connectivity index (χ2v) is 4.67. The molecule has 3 nitrogen and oxygen atoms in total. The molecule has 0 heterocycles. The smallest absolute Gasteiger partial charge is 0.310 e. The molecule has 100 valence electrons. The van der Waals surface area contributed by atoms with E-state index in [0.717, 1.165) is 29.5 Å². The van der Waals surface area contributed by atoms with Gasteiger partial charge in [-0.05, 0) is 37.5 Å². The van der Waals surface area contributed by atoms with Gasteiger partial charge in [0.2, 0.25) is 0 Å². The number of benzene rings is 1. The van der Waals surface area contributed by atoms with Crippen LogP contribution in [0.2, 0.25) is 0 Å². The van der Waals surface area contributed by atoms with Gasteiger partial charge in [-0.3, -0.25) is 4.79 Å². The average molecular weight is 315 g/mol. The van der Waals surface area contributed by atoms with Crippen LogP contribution < -0.4 is 4.74 Å². The molecular weight excluding hydrogens is 296 g/mol. The molecule has 0 aliphatic rings. The van der Waals surface area contributed by atoms with E-state index < -0.39 is 0 Å². The highest BCUT2D eigenvalue weighted by Gasteiger charge is 2.04. The van der Waals surface area contributed by atoms with Crippen molar-refractivity contribution in [2.75, 3.05) is 18.5 Å². The van der Waals surface area contributed by atoms with Gasteiger partial charge in [-0.25, -0.2) is 0 Å². The summed E-state index contributed by atoms with van der Waals surface area (Å²) in [7, 11) is 0. The van der Waals surface area contributed by atoms with E-state index in [9.17, 15) is 4.79 Å². The highest BCUT2D eigenvalue weighted by molar-refractivity contribution is 9.09. The Labute approximate surface area is 117 Å². The van der Waals surface area contributed by atoms with E-state index >= 15 is 0 Å². The minimum atomic E-state index is -0.200. The van der Waals surface area contributed by atoms with Gasteiger partial charge in [0.15, 0.2) is 0 Å². The molecule has 0 unspecified atom stereocenters. The van der Waals surface area contributed by atoms with E-state index in [1.54, 1.807) is 6.92 Å². The zero-order chi connectivity index (χ0) is 13.2. The molecule has 0 N–H and O–H groups in total. The predicted octanol–water partition coefficient (Wildman–Crippen LogP) is 3.35. The zero-order valence-corrected chi connectivity index (χ0v) is 12.2. The number of rotatable bonds is 8. The lowest BCUT2D eigenvalue weighted by molar-refractivity contribution is -0.142. The third kappa shape index (κ3) is 6.05. The highest BCUT2D eigenvalue weighted by atomic mass is 79.9. The first kappa shape index (κ1) is 15.0. The van der Waals surface area contributed by atoms with Crippen molar-refractivity contribution in [1.82, 2.24) is 0 Å². The molecule has 18 heavy (non-hydrogen) atoms. The summed E-state index contributed by atoms with van der Waals surface area (Å²) < 4.78 is 10.5. The lowest BCUT2D eigenvalue weighted by atomic mass is 10.1. The Kier molecular flexibility index (Phi) is 7.49. The number of ether oxygens (including phenoxy) is 2. The third-order valence-corrected chi connectivity index (χ3v) is 2.91. The first-order valence-corrected chi connectivity index (χ1v) is 7.31. The molecule has 0 radical (unpaired) electrons. The molecule has 0 spiro atoms. The van der Waals surface area contributed by atoms with Gasteiger partial charge in [-0.15, -0.1) is 0 Å². The molecule has 0 saturated heterocycles. The summed E-state index contributed by atoms with van der Waals surface area (Å²) in [5.74, 6) is 0.611. The molecule has 0 fully saturated rings. The summed E-state index contributed by atoms with van der Waals surface area (Å²) in [6.07, 6.45) is 2.42. The monoisotopic (exact) mass is 314 g/mol. The standard InChI is InChI=1S/C14H19BrO3/c1-2-17-14(16)11-12-6-5-7-13(10-12)18-9-4-3-8-15/h5-7,10H,2-4,8-9,11H2,1H3. The summed E-state index contributed by atoms with van der Waals surface area (Å²) in [5.41, 5.74) is 0.923. The largest absolute Gasteiger partial charge is 0.494 e. The molecule has 0 aromatic heterocycles. The van der Waals surface area contributed by atoms with Crippen molar-refractivity contribution in [3.63, 3.8) is 0 Å². The van der Waals surface area contributed by atoms with Crippen LogP contribution in [0.15, 0.2) is 24.3 Å². The predicted molar refractivity (Wildman–Crippen MR) is 75.3 cm³/mol. The van der Waals surface area contributed by atoms with E-state index in [0.29, 0.717) is 19.6 Å². The lowest BCUT2D eigenvalue weighted by Gasteiger charge is -2.07. The fraction of sp³-hybridized carbons (Fsp3) is 0.500. The Morgan fingerprint density at radius 3 is 2.89 bits per heavy atom. The lowest BCUT2D eigenvalue weighted by Crippen LogP contribution is -2.07. The number of alkyl halides is 1. The Morgan fingerprint density at radius 2 is 2.17 bits per heavy atom. The first-order chi connectivity index (χ1) is 8.76. The number of carbonyl (C=O) groups excluding carboxylic acids is 1. The van der Waals surface area contributed by atoms with Gasteiger partial charge in [-0.1, -0.05) is 28.1 Å². The SMILES string of the molecule is CCOC(=O)Cc1cccc(OCCCCBr)c1. The maximum atomic E-state index is 11.4. The van der Waals surface area contributed by atoms with Crippen LogP contribution in [0.4, 0.5) is 0 Å². The van der Waals surface area contributed by atoms with Crippen LogP contribution in [0.5, 0.6) is 5.75 Å². The van der Waals surface area contributed by atoms with Crippen LogP contribution >= 0.6 is 15.9 Å². The van der Waals surface area contributed by atoms with E-state index in [1.165, 1.54) is 0 Å². The van der Waals surface area contributed by atoms with Crippen LogP contribution in [0.1, 0.15) is 25.3 Å². The Morgan fingerprint density at radius 1 is 1.33 bits per heavy atom. The number of hydrogen-bond acceptors (Lipinski definition) is 3. The maximum absolute atomic E-state index is 11.4. The van der Waals surface area contributed by atoms with Crippen molar-refractivity contribution in [2.24, 2.45) is 0 Å². The fourth-order valence-corrected chi connectivity index (χ4v) is 1.91. The van der Waals surface area contributed by atoms with Crippen molar-refractivity contribution in [3.05, 3.63) is 29.8 Å². The number of carbonyl (C=O) groups is 1. The van der Waals surface area contributed by atoms with Crippen molar-refractivity contribution < 1.29 is 14.3 Å². The first-order valence-electron chi connectivity index (χ1n) is 6.19. The molecule has 1 rings (SSSR count). The van der Waals surface area contributed by atoms with E-state index in [-0.39, 0.29) is 5.97 Å². The Bertz CT molecular complexity index is 366. The van der Waals surface area contributed by atoms with Crippen LogP contribution in [0.25, 0.3) is 0 Å². The van der Waals surface area contributed by atoms with Gasteiger partial charge in [0.25, 0.3) is 0 Å². The number of hydrogen-bond donors (Lipinski definition) is 0. The van der Waals surface area contributed by atoms with Crippen molar-refractivity contribution in [1.29, 1.82) is 0 Å². The van der Waals surface area contributed by atoms with Gasteiger partial charge in [0.1, 0.15) is 5.75 Å². The molecule has 4 heteroatoms. The molecule has 1 aromatic carbocycles. The van der Waals surface area contributed by atoms with Gasteiger partial charge in [-0.2, -0.15) is 0 Å². The van der Waals surface area contributed by atoms with Crippen LogP contribution in [-0.4, -0.2) is 24.5 Å². The average Bonchev–Trinajstić information content (AvgIpc) is 2.35. The van der Waals surface area contributed by atoms with E-state index in [1.807, 2.05) is 24.3 Å². The quantitative estimate of drug-likeness (QED) is 0.419. The molecule has 0 aliphatic heterocycles. The highest BCUT2D eigenvalue weighted by Crippen LogP contribution is 2.14. The molecule has 0 atom stereocenters. The Balaban J connectivity index is 2.43. The van der Waals surface area contributed by atoms with Gasteiger partial charge >= 0.3 is 5.97 Å². The zero-order valence-electron chi connectivity index (χ0n) is 10.7. The van der Waals surface area contributed by atoms with Crippen molar-refractivity contribution in [3.8, 4) is 5.75 Å². The summed E-state index contributed by atoms with van der Waals surface area (Å²) in [5, 5.41) is 0.999. The molecule has 0 saturated carbocycles. The van der Waals surface area contributed by atoms with Gasteiger partial charge in [0.05, 0.1) is 19.6 Å². The number of unbranched alkanes of at least 4 members (excludes halogenated alkanes) is 1. The van der Waals surface area contributed by atoms with E-state index in [2.05, 4.69) is 15.9 Å². The van der Waals surface area contributed by atoms with E-state index in [4.69, 9.17) is 9.47 Å². The molecular formula is C14H19BrO3. The number of halogens is 1. The normalized spacial score (nSPS) is 10.1. The number of esters is 1. The van der Waals surface area contributed by atoms with Gasteiger partial charge < -0.3 is 9.47 Å². The molecule has 1 aromatic rings.